The lowest BCUT2D eigenvalue weighted by Crippen LogP contribution is -2.46. The molecule has 1 N–H and O–H groups in total. The number of aromatic nitrogens is 2. The molecule has 26 heavy (non-hydrogen) atoms. The van der Waals surface area contributed by atoms with E-state index in [1.54, 1.807) is 36.2 Å². The fourth-order valence-electron chi connectivity index (χ4n) is 3.08. The van der Waals surface area contributed by atoms with Crippen molar-refractivity contribution in [2.24, 2.45) is 0 Å². The van der Waals surface area contributed by atoms with Gasteiger partial charge in [0.2, 0.25) is 5.91 Å². The highest BCUT2D eigenvalue weighted by Crippen LogP contribution is 2.39. The first kappa shape index (κ1) is 16.3. The van der Waals surface area contributed by atoms with Crippen LogP contribution in [0, 0.1) is 6.92 Å². The number of carbonyl (C=O) groups is 2. The first-order valence-corrected chi connectivity index (χ1v) is 8.53. The van der Waals surface area contributed by atoms with Crippen LogP contribution in [0.1, 0.15) is 24.2 Å². The Bertz CT molecular complexity index is 907. The van der Waals surface area contributed by atoms with E-state index in [0.29, 0.717) is 29.6 Å². The Labute approximate surface area is 151 Å². The number of carbonyl (C=O) groups excluding carboxylic acids is 2. The van der Waals surface area contributed by atoms with E-state index in [1.165, 1.54) is 6.08 Å². The molecule has 0 atom stereocenters. The van der Waals surface area contributed by atoms with Crippen LogP contribution in [0.3, 0.4) is 0 Å². The van der Waals surface area contributed by atoms with Gasteiger partial charge in [-0.25, -0.2) is 19.7 Å². The highest BCUT2D eigenvalue weighted by atomic mass is 16.2. The van der Waals surface area contributed by atoms with Gasteiger partial charge in [-0.3, -0.25) is 4.79 Å². The first-order chi connectivity index (χ1) is 12.6. The standard InChI is InChI=1S/C19H19N5O2/c1-3-17(25)22-14-5-4-6-16(9-14)24-18-13(10-20-12(2)21-18)11-23(19(24)26)15-7-8-15/h3-6,9-10,15H,1,7-8,11H2,2H3,(H,22,25). The van der Waals surface area contributed by atoms with Gasteiger partial charge in [0.15, 0.2) is 0 Å². The highest BCUT2D eigenvalue weighted by Gasteiger charge is 2.40. The molecule has 1 aliphatic carbocycles. The highest BCUT2D eigenvalue weighted by molar-refractivity contribution is 6.03. The van der Waals surface area contributed by atoms with E-state index >= 15 is 0 Å². The average molecular weight is 349 g/mol. The van der Waals surface area contributed by atoms with E-state index in [9.17, 15) is 9.59 Å². The van der Waals surface area contributed by atoms with Gasteiger partial charge in [-0.1, -0.05) is 12.6 Å². The third-order valence-electron chi connectivity index (χ3n) is 4.50. The third kappa shape index (κ3) is 2.92. The summed E-state index contributed by atoms with van der Waals surface area (Å²) in [6, 6.07) is 7.35. The van der Waals surface area contributed by atoms with Crippen molar-refractivity contribution >= 4 is 29.1 Å². The minimum atomic E-state index is -0.301. The lowest BCUT2D eigenvalue weighted by Gasteiger charge is -2.36. The number of anilines is 3. The molecule has 1 fully saturated rings. The van der Waals surface area contributed by atoms with E-state index in [-0.39, 0.29) is 18.0 Å². The van der Waals surface area contributed by atoms with Crippen LogP contribution in [-0.2, 0) is 11.3 Å². The van der Waals surface area contributed by atoms with Crippen molar-refractivity contribution in [1.82, 2.24) is 14.9 Å². The molecule has 0 saturated heterocycles. The molecule has 0 spiro atoms. The SMILES string of the molecule is C=CC(=O)Nc1cccc(N2C(=O)N(C3CC3)Cc3cnc(C)nc32)c1. The zero-order chi connectivity index (χ0) is 18.3. The van der Waals surface area contributed by atoms with Gasteiger partial charge in [0.1, 0.15) is 11.6 Å². The Morgan fingerprint density at radius 1 is 1.38 bits per heavy atom. The predicted octanol–water partition coefficient (Wildman–Crippen LogP) is 3.15. The Kier molecular flexibility index (Phi) is 3.91. The van der Waals surface area contributed by atoms with Crippen LogP contribution < -0.4 is 10.2 Å². The quantitative estimate of drug-likeness (QED) is 0.860. The van der Waals surface area contributed by atoms with Crippen molar-refractivity contribution in [3.63, 3.8) is 0 Å². The summed E-state index contributed by atoms with van der Waals surface area (Å²) in [7, 11) is 0. The molecule has 3 amide bonds. The second kappa shape index (κ2) is 6.25. The number of fused-ring (bicyclic) bond motifs is 1. The van der Waals surface area contributed by atoms with Crippen LogP contribution in [0.15, 0.2) is 43.1 Å². The summed E-state index contributed by atoms with van der Waals surface area (Å²) in [5.41, 5.74) is 2.17. The largest absolute Gasteiger partial charge is 0.330 e. The number of rotatable bonds is 4. The molecule has 1 aliphatic heterocycles. The van der Waals surface area contributed by atoms with Gasteiger partial charge in [-0.15, -0.1) is 0 Å². The molecular weight excluding hydrogens is 330 g/mol. The summed E-state index contributed by atoms with van der Waals surface area (Å²) < 4.78 is 0. The molecule has 1 saturated carbocycles. The average Bonchev–Trinajstić information content (AvgIpc) is 3.46. The Hall–Kier alpha value is -3.22. The summed E-state index contributed by atoms with van der Waals surface area (Å²) in [6.07, 6.45) is 5.05. The zero-order valence-electron chi connectivity index (χ0n) is 14.5. The third-order valence-corrected chi connectivity index (χ3v) is 4.50. The molecule has 4 rings (SSSR count). The van der Waals surface area contributed by atoms with E-state index in [2.05, 4.69) is 21.9 Å². The van der Waals surface area contributed by atoms with Crippen LogP contribution in [0.5, 0.6) is 0 Å². The Morgan fingerprint density at radius 2 is 2.19 bits per heavy atom. The normalized spacial score (nSPS) is 16.3. The Morgan fingerprint density at radius 3 is 2.92 bits per heavy atom. The van der Waals surface area contributed by atoms with Crippen molar-refractivity contribution in [2.75, 3.05) is 10.2 Å². The number of amides is 3. The van der Waals surface area contributed by atoms with Crippen molar-refractivity contribution in [2.45, 2.75) is 32.4 Å². The molecule has 7 nitrogen and oxygen atoms in total. The molecule has 132 valence electrons. The van der Waals surface area contributed by atoms with Crippen molar-refractivity contribution in [3.05, 3.63) is 54.5 Å². The van der Waals surface area contributed by atoms with Crippen LogP contribution >= 0.6 is 0 Å². The van der Waals surface area contributed by atoms with Crippen LogP contribution in [0.25, 0.3) is 0 Å². The molecule has 0 unspecified atom stereocenters. The summed E-state index contributed by atoms with van der Waals surface area (Å²) in [6.45, 7) is 5.79. The first-order valence-electron chi connectivity index (χ1n) is 8.53. The monoisotopic (exact) mass is 349 g/mol. The van der Waals surface area contributed by atoms with Crippen LogP contribution in [-0.4, -0.2) is 32.8 Å². The molecule has 1 aromatic carbocycles. The maximum atomic E-state index is 13.2. The van der Waals surface area contributed by atoms with Gasteiger partial charge in [-0.2, -0.15) is 0 Å². The molecule has 0 bridgehead atoms. The summed E-state index contributed by atoms with van der Waals surface area (Å²) >= 11 is 0. The van der Waals surface area contributed by atoms with Gasteiger partial charge in [0.05, 0.1) is 12.2 Å². The van der Waals surface area contributed by atoms with E-state index in [1.807, 2.05) is 11.0 Å². The van der Waals surface area contributed by atoms with E-state index in [0.717, 1.165) is 18.4 Å². The molecule has 0 radical (unpaired) electrons. The minimum absolute atomic E-state index is 0.0923. The number of nitrogens with one attached hydrogen (secondary N) is 1. The maximum Gasteiger partial charge on any atom is 0.330 e. The minimum Gasteiger partial charge on any atom is -0.322 e. The number of nitrogens with zero attached hydrogens (tertiary/aromatic N) is 4. The molecule has 7 heteroatoms. The molecular formula is C19H19N5O2. The van der Waals surface area contributed by atoms with Gasteiger partial charge in [0.25, 0.3) is 0 Å². The van der Waals surface area contributed by atoms with Gasteiger partial charge in [-0.05, 0) is 44.0 Å². The summed E-state index contributed by atoms with van der Waals surface area (Å²) in [4.78, 5) is 37.0. The number of benzene rings is 1. The maximum absolute atomic E-state index is 13.2. The lowest BCUT2D eigenvalue weighted by atomic mass is 10.1. The second-order valence-corrected chi connectivity index (χ2v) is 6.49. The summed E-state index contributed by atoms with van der Waals surface area (Å²) in [5, 5.41) is 2.73. The second-order valence-electron chi connectivity index (χ2n) is 6.49. The van der Waals surface area contributed by atoms with Gasteiger partial charge >= 0.3 is 6.03 Å². The predicted molar refractivity (Wildman–Crippen MR) is 98.1 cm³/mol. The fourth-order valence-corrected chi connectivity index (χ4v) is 3.08. The summed E-state index contributed by atoms with van der Waals surface area (Å²) in [5.74, 6) is 0.912. The van der Waals surface area contributed by atoms with Gasteiger partial charge < -0.3 is 10.2 Å². The number of hydrogen-bond acceptors (Lipinski definition) is 4. The number of hydrogen-bond donors (Lipinski definition) is 1. The molecule has 2 aliphatic rings. The fraction of sp³-hybridized carbons (Fsp3) is 0.263. The lowest BCUT2D eigenvalue weighted by molar-refractivity contribution is -0.111. The Balaban J connectivity index is 1.77. The number of urea groups is 1. The van der Waals surface area contributed by atoms with Crippen molar-refractivity contribution < 1.29 is 9.59 Å². The molecule has 2 aromatic rings. The van der Waals surface area contributed by atoms with E-state index in [4.69, 9.17) is 0 Å². The molecule has 1 aromatic heterocycles. The van der Waals surface area contributed by atoms with Crippen LogP contribution in [0.4, 0.5) is 22.0 Å². The zero-order valence-corrected chi connectivity index (χ0v) is 14.5. The van der Waals surface area contributed by atoms with Crippen molar-refractivity contribution in [1.29, 1.82) is 0 Å². The van der Waals surface area contributed by atoms with E-state index < -0.39 is 0 Å². The smallest absolute Gasteiger partial charge is 0.322 e. The van der Waals surface area contributed by atoms with Crippen molar-refractivity contribution in [3.8, 4) is 0 Å². The topological polar surface area (TPSA) is 78.4 Å². The number of aryl methyl sites for hydroxylation is 1. The molecule has 2 heterocycles. The van der Waals surface area contributed by atoms with Gasteiger partial charge in [0, 0.05) is 23.5 Å². The van der Waals surface area contributed by atoms with Crippen LogP contribution in [0.2, 0.25) is 0 Å².